The molecule has 0 atom stereocenters. The van der Waals surface area contributed by atoms with Gasteiger partial charge in [0, 0.05) is 52.0 Å². The highest BCUT2D eigenvalue weighted by Crippen LogP contribution is 2.26. The van der Waals surface area contributed by atoms with Gasteiger partial charge in [0.05, 0.1) is 17.1 Å². The molecule has 29 heavy (non-hydrogen) atoms. The van der Waals surface area contributed by atoms with Crippen LogP contribution in [0.4, 0.5) is 0 Å². The van der Waals surface area contributed by atoms with Crippen LogP contribution in [0.25, 0.3) is 11.0 Å². The lowest BCUT2D eigenvalue weighted by Crippen LogP contribution is -2.53. The van der Waals surface area contributed by atoms with Gasteiger partial charge in [0.1, 0.15) is 0 Å². The Hall–Kier alpha value is -2.04. The number of piperazine rings is 1. The first-order valence-corrected chi connectivity index (χ1v) is 11.3. The third-order valence-corrected chi connectivity index (χ3v) is 7.15. The fourth-order valence-electron chi connectivity index (χ4n) is 3.41. The van der Waals surface area contributed by atoms with Gasteiger partial charge in [-0.3, -0.25) is 4.79 Å². The summed E-state index contributed by atoms with van der Waals surface area (Å²) in [5.41, 5.74) is 2.13. The molecule has 160 valence electrons. The normalized spacial score (nSPS) is 16.5. The number of carbonyl (C=O) groups is 1. The Kier molecular flexibility index (Phi) is 5.98. The first kappa shape index (κ1) is 21.7. The second-order valence-electron chi connectivity index (χ2n) is 8.15. The van der Waals surface area contributed by atoms with Crippen LogP contribution in [0.2, 0.25) is 0 Å². The first-order chi connectivity index (χ1) is 13.5. The minimum Gasteiger partial charge on any atom is -0.336 e. The maximum Gasteiger partial charge on any atom is 0.281 e. The lowest BCUT2D eigenvalue weighted by atomic mass is 10.0. The first-order valence-electron chi connectivity index (χ1n) is 9.89. The van der Waals surface area contributed by atoms with E-state index in [2.05, 4.69) is 5.10 Å². The molecule has 3 heterocycles. The molecule has 1 aliphatic rings. The molecule has 3 rings (SSSR count). The van der Waals surface area contributed by atoms with Gasteiger partial charge in [-0.25, -0.2) is 9.67 Å². The number of amides is 1. The van der Waals surface area contributed by atoms with Gasteiger partial charge >= 0.3 is 0 Å². The van der Waals surface area contributed by atoms with E-state index in [9.17, 15) is 13.2 Å². The second kappa shape index (κ2) is 8.00. The van der Waals surface area contributed by atoms with Crippen molar-refractivity contribution in [1.82, 2.24) is 28.3 Å². The molecular formula is C19H30N6O3S. The van der Waals surface area contributed by atoms with Crippen LogP contribution < -0.4 is 0 Å². The molecule has 0 radical (unpaired) electrons. The van der Waals surface area contributed by atoms with Crippen molar-refractivity contribution in [2.75, 3.05) is 40.3 Å². The van der Waals surface area contributed by atoms with Gasteiger partial charge in [0.2, 0.25) is 0 Å². The molecule has 0 N–H and O–H groups in total. The van der Waals surface area contributed by atoms with E-state index in [-0.39, 0.29) is 31.0 Å². The van der Waals surface area contributed by atoms with Crippen LogP contribution in [0.3, 0.4) is 0 Å². The molecule has 2 aromatic rings. The molecule has 0 bridgehead atoms. The predicted octanol–water partition coefficient (Wildman–Crippen LogP) is 1.70. The number of hydrogen-bond donors (Lipinski definition) is 0. The lowest BCUT2D eigenvalue weighted by Gasteiger charge is -2.35. The van der Waals surface area contributed by atoms with E-state index in [0.29, 0.717) is 24.3 Å². The monoisotopic (exact) mass is 422 g/mol. The van der Waals surface area contributed by atoms with E-state index in [0.717, 1.165) is 11.1 Å². The van der Waals surface area contributed by atoms with Gasteiger partial charge in [-0.1, -0.05) is 13.8 Å². The van der Waals surface area contributed by atoms with Crippen LogP contribution in [0, 0.1) is 0 Å². The molecule has 10 heteroatoms. The molecule has 0 aromatic carbocycles. The minimum absolute atomic E-state index is 0.107. The standard InChI is InChI=1S/C19H30N6O3S/c1-13(2)17-11-15(16-12-20-25(14(3)4)18(16)21-17)19(26)23-7-9-24(10-8-23)29(27,28)22(5)6/h11-14H,7-10H2,1-6H3. The zero-order valence-electron chi connectivity index (χ0n) is 18.0. The van der Waals surface area contributed by atoms with E-state index in [1.807, 2.05) is 38.4 Å². The fourth-order valence-corrected chi connectivity index (χ4v) is 4.50. The van der Waals surface area contributed by atoms with E-state index >= 15 is 0 Å². The van der Waals surface area contributed by atoms with Crippen molar-refractivity contribution in [3.05, 3.63) is 23.5 Å². The van der Waals surface area contributed by atoms with Crippen LogP contribution in [0.5, 0.6) is 0 Å². The number of fused-ring (bicyclic) bond motifs is 1. The van der Waals surface area contributed by atoms with Crippen molar-refractivity contribution in [1.29, 1.82) is 0 Å². The molecule has 0 spiro atoms. The van der Waals surface area contributed by atoms with Gasteiger partial charge in [0.25, 0.3) is 16.1 Å². The van der Waals surface area contributed by atoms with Crippen LogP contribution in [0.15, 0.2) is 12.3 Å². The summed E-state index contributed by atoms with van der Waals surface area (Å²) in [7, 11) is -0.439. The Balaban J connectivity index is 1.92. The largest absolute Gasteiger partial charge is 0.336 e. The van der Waals surface area contributed by atoms with Crippen LogP contribution in [0.1, 0.15) is 55.7 Å². The minimum atomic E-state index is -3.47. The SMILES string of the molecule is CC(C)c1cc(C(=O)N2CCN(S(=O)(=O)N(C)C)CC2)c2cnn(C(C)C)c2n1. The second-order valence-corrected chi connectivity index (χ2v) is 10.3. The molecule has 1 amide bonds. The van der Waals surface area contributed by atoms with Gasteiger partial charge in [-0.2, -0.15) is 22.1 Å². The Morgan fingerprint density at radius 3 is 2.24 bits per heavy atom. The van der Waals surface area contributed by atoms with Crippen molar-refractivity contribution < 1.29 is 13.2 Å². The van der Waals surface area contributed by atoms with Crippen LogP contribution in [-0.4, -0.2) is 82.9 Å². The van der Waals surface area contributed by atoms with Crippen LogP contribution >= 0.6 is 0 Å². The molecular weight excluding hydrogens is 392 g/mol. The summed E-state index contributed by atoms with van der Waals surface area (Å²) in [6.45, 7) is 9.42. The molecule has 1 aliphatic heterocycles. The average molecular weight is 423 g/mol. The third-order valence-electron chi connectivity index (χ3n) is 5.21. The predicted molar refractivity (Wildman–Crippen MR) is 112 cm³/mol. The van der Waals surface area contributed by atoms with Gasteiger partial charge in [0.15, 0.2) is 5.65 Å². The number of rotatable bonds is 5. The average Bonchev–Trinajstić information content (AvgIpc) is 3.10. The maximum atomic E-state index is 13.3. The molecule has 0 unspecified atom stereocenters. The van der Waals surface area contributed by atoms with Crippen LogP contribution in [-0.2, 0) is 10.2 Å². The van der Waals surface area contributed by atoms with Crippen molar-refractivity contribution in [3.8, 4) is 0 Å². The smallest absolute Gasteiger partial charge is 0.281 e. The quantitative estimate of drug-likeness (QED) is 0.731. The fraction of sp³-hybridized carbons (Fsp3) is 0.632. The number of hydrogen-bond acceptors (Lipinski definition) is 5. The molecule has 1 saturated heterocycles. The summed E-state index contributed by atoms with van der Waals surface area (Å²) in [6, 6.07) is 1.98. The highest BCUT2D eigenvalue weighted by atomic mass is 32.2. The number of carbonyl (C=O) groups excluding carboxylic acids is 1. The Morgan fingerprint density at radius 1 is 1.10 bits per heavy atom. The van der Waals surface area contributed by atoms with Gasteiger partial charge in [-0.15, -0.1) is 0 Å². The maximum absolute atomic E-state index is 13.3. The van der Waals surface area contributed by atoms with Crippen molar-refractivity contribution in [2.45, 2.75) is 39.7 Å². The number of nitrogens with zero attached hydrogens (tertiary/aromatic N) is 6. The van der Waals surface area contributed by atoms with E-state index in [1.165, 1.54) is 22.7 Å². The summed E-state index contributed by atoms with van der Waals surface area (Å²) in [6.07, 6.45) is 1.70. The highest BCUT2D eigenvalue weighted by molar-refractivity contribution is 7.86. The highest BCUT2D eigenvalue weighted by Gasteiger charge is 2.31. The molecule has 0 aliphatic carbocycles. The number of aromatic nitrogens is 3. The Labute approximate surface area is 172 Å². The van der Waals surface area contributed by atoms with E-state index in [4.69, 9.17) is 4.98 Å². The number of pyridine rings is 1. The van der Waals surface area contributed by atoms with Gasteiger partial charge in [-0.05, 0) is 25.8 Å². The van der Waals surface area contributed by atoms with Crippen molar-refractivity contribution in [2.24, 2.45) is 0 Å². The molecule has 1 fully saturated rings. The zero-order valence-corrected chi connectivity index (χ0v) is 18.8. The van der Waals surface area contributed by atoms with Crippen molar-refractivity contribution in [3.63, 3.8) is 0 Å². The summed E-state index contributed by atoms with van der Waals surface area (Å²) in [4.78, 5) is 19.8. The zero-order chi connectivity index (χ0) is 21.5. The van der Waals surface area contributed by atoms with E-state index < -0.39 is 10.2 Å². The summed E-state index contributed by atoms with van der Waals surface area (Å²) >= 11 is 0. The van der Waals surface area contributed by atoms with Gasteiger partial charge < -0.3 is 4.90 Å². The Bertz CT molecular complexity index is 1000. The topological polar surface area (TPSA) is 91.6 Å². The molecule has 0 saturated carbocycles. The molecule has 2 aromatic heterocycles. The summed E-state index contributed by atoms with van der Waals surface area (Å²) in [5.74, 6) is 0.0630. The summed E-state index contributed by atoms with van der Waals surface area (Å²) in [5, 5.41) is 5.17. The van der Waals surface area contributed by atoms with Crippen molar-refractivity contribution >= 4 is 27.1 Å². The third kappa shape index (κ3) is 4.01. The van der Waals surface area contributed by atoms with E-state index in [1.54, 1.807) is 11.1 Å². The molecule has 9 nitrogen and oxygen atoms in total. The Morgan fingerprint density at radius 2 is 1.72 bits per heavy atom. The lowest BCUT2D eigenvalue weighted by molar-refractivity contribution is 0.0697. The summed E-state index contributed by atoms with van der Waals surface area (Å²) < 4.78 is 29.1.